The number of carbonyl (C=O) groups is 1. The summed E-state index contributed by atoms with van der Waals surface area (Å²) >= 11 is 3.57. The van der Waals surface area contributed by atoms with E-state index in [-0.39, 0.29) is 5.91 Å². The molecule has 0 radical (unpaired) electrons. The summed E-state index contributed by atoms with van der Waals surface area (Å²) in [5, 5.41) is 2.10. The summed E-state index contributed by atoms with van der Waals surface area (Å²) in [5.74, 6) is 0.871. The van der Waals surface area contributed by atoms with Crippen molar-refractivity contribution in [3.63, 3.8) is 0 Å². The Kier molecular flexibility index (Phi) is 3.34. The van der Waals surface area contributed by atoms with Gasteiger partial charge in [-0.1, -0.05) is 40.2 Å². The molecule has 0 fully saturated rings. The zero-order valence-electron chi connectivity index (χ0n) is 12.5. The molecule has 3 nitrogen and oxygen atoms in total. The van der Waals surface area contributed by atoms with Gasteiger partial charge in [-0.3, -0.25) is 4.79 Å². The Labute approximate surface area is 142 Å². The summed E-state index contributed by atoms with van der Waals surface area (Å²) in [6, 6.07) is 17.7. The van der Waals surface area contributed by atoms with Gasteiger partial charge in [0.15, 0.2) is 0 Å². The van der Waals surface area contributed by atoms with Crippen LogP contribution in [0.2, 0.25) is 0 Å². The van der Waals surface area contributed by atoms with Gasteiger partial charge in [0.2, 0.25) is 0 Å². The number of hydrogen-bond acceptors (Lipinski definition) is 2. The number of benzene rings is 3. The first-order valence-corrected chi connectivity index (χ1v) is 8.14. The van der Waals surface area contributed by atoms with Gasteiger partial charge in [0.05, 0.1) is 19.3 Å². The first kappa shape index (κ1) is 14.3. The van der Waals surface area contributed by atoms with E-state index in [2.05, 4.69) is 15.9 Å². The molecule has 1 aliphatic rings. The highest BCUT2D eigenvalue weighted by Gasteiger charge is 2.30. The lowest BCUT2D eigenvalue weighted by Gasteiger charge is -2.18. The number of amides is 1. The largest absolute Gasteiger partial charge is 0.497 e. The van der Waals surface area contributed by atoms with Crippen LogP contribution in [0.5, 0.6) is 5.75 Å². The second-order valence-electron chi connectivity index (χ2n) is 5.53. The monoisotopic (exact) mass is 367 g/mol. The van der Waals surface area contributed by atoms with Gasteiger partial charge in [0, 0.05) is 15.4 Å². The van der Waals surface area contributed by atoms with Crippen molar-refractivity contribution in [2.75, 3.05) is 12.0 Å². The summed E-state index contributed by atoms with van der Waals surface area (Å²) in [7, 11) is 1.65. The standard InChI is InChI=1S/C19H14BrNO2/c1-23-13-7-5-12(6-8-13)11-21-17-10-9-16(20)14-3-2-4-15(18(14)17)19(21)22/h2-10H,11H2,1H3. The van der Waals surface area contributed by atoms with Gasteiger partial charge in [0.1, 0.15) is 5.75 Å². The van der Waals surface area contributed by atoms with Crippen molar-refractivity contribution in [2.24, 2.45) is 0 Å². The van der Waals surface area contributed by atoms with Gasteiger partial charge < -0.3 is 9.64 Å². The molecule has 4 rings (SSSR count). The normalized spacial score (nSPS) is 13.0. The van der Waals surface area contributed by atoms with Crippen molar-refractivity contribution < 1.29 is 9.53 Å². The average molecular weight is 368 g/mol. The van der Waals surface area contributed by atoms with E-state index in [1.165, 1.54) is 0 Å². The minimum Gasteiger partial charge on any atom is -0.497 e. The number of nitrogens with zero attached hydrogens (tertiary/aromatic N) is 1. The molecule has 0 saturated carbocycles. The fourth-order valence-corrected chi connectivity index (χ4v) is 3.54. The lowest BCUT2D eigenvalue weighted by Crippen LogP contribution is -2.25. The van der Waals surface area contributed by atoms with Crippen LogP contribution in [0.3, 0.4) is 0 Å². The smallest absolute Gasteiger partial charge is 0.259 e. The second-order valence-corrected chi connectivity index (χ2v) is 6.39. The van der Waals surface area contributed by atoms with E-state index in [9.17, 15) is 4.79 Å². The Bertz CT molecular complexity index is 919. The van der Waals surface area contributed by atoms with Crippen molar-refractivity contribution in [3.05, 3.63) is 70.2 Å². The van der Waals surface area contributed by atoms with E-state index >= 15 is 0 Å². The van der Waals surface area contributed by atoms with Gasteiger partial charge in [-0.15, -0.1) is 0 Å². The molecule has 0 saturated heterocycles. The van der Waals surface area contributed by atoms with Gasteiger partial charge in [-0.2, -0.15) is 0 Å². The highest BCUT2D eigenvalue weighted by atomic mass is 79.9. The molecular weight excluding hydrogens is 354 g/mol. The molecule has 0 spiro atoms. The van der Waals surface area contributed by atoms with Crippen LogP contribution in [0.15, 0.2) is 59.1 Å². The SMILES string of the molecule is COc1ccc(CN2C(=O)c3cccc4c(Br)ccc2c34)cc1. The molecule has 1 heterocycles. The Morgan fingerprint density at radius 2 is 1.83 bits per heavy atom. The van der Waals surface area contributed by atoms with Crippen molar-refractivity contribution in [3.8, 4) is 5.75 Å². The van der Waals surface area contributed by atoms with Crippen LogP contribution in [0, 0.1) is 0 Å². The van der Waals surface area contributed by atoms with Crippen LogP contribution in [0.1, 0.15) is 15.9 Å². The van der Waals surface area contributed by atoms with E-state index in [4.69, 9.17) is 4.74 Å². The first-order valence-electron chi connectivity index (χ1n) is 7.35. The summed E-state index contributed by atoms with van der Waals surface area (Å²) in [4.78, 5) is 14.6. The maximum Gasteiger partial charge on any atom is 0.259 e. The summed E-state index contributed by atoms with van der Waals surface area (Å²) in [6.45, 7) is 0.550. The molecule has 0 N–H and O–H groups in total. The number of hydrogen-bond donors (Lipinski definition) is 0. The Balaban J connectivity index is 1.77. The number of methoxy groups -OCH3 is 1. The predicted molar refractivity (Wildman–Crippen MR) is 95.2 cm³/mol. The van der Waals surface area contributed by atoms with Crippen LogP contribution in [-0.4, -0.2) is 13.0 Å². The van der Waals surface area contributed by atoms with E-state index in [0.29, 0.717) is 6.54 Å². The van der Waals surface area contributed by atoms with E-state index in [1.54, 1.807) is 7.11 Å². The van der Waals surface area contributed by atoms with Crippen LogP contribution in [-0.2, 0) is 6.54 Å². The molecule has 0 atom stereocenters. The van der Waals surface area contributed by atoms with Crippen LogP contribution < -0.4 is 9.64 Å². The summed E-state index contributed by atoms with van der Waals surface area (Å²) in [6.07, 6.45) is 0. The van der Waals surface area contributed by atoms with Gasteiger partial charge in [0.25, 0.3) is 5.91 Å². The van der Waals surface area contributed by atoms with Gasteiger partial charge >= 0.3 is 0 Å². The highest BCUT2D eigenvalue weighted by molar-refractivity contribution is 9.10. The second kappa shape index (κ2) is 5.39. The molecule has 1 amide bonds. The number of rotatable bonds is 3. The Morgan fingerprint density at radius 3 is 2.57 bits per heavy atom. The van der Waals surface area contributed by atoms with Crippen molar-refractivity contribution >= 4 is 38.3 Å². The molecule has 23 heavy (non-hydrogen) atoms. The van der Waals surface area contributed by atoms with E-state index in [0.717, 1.165) is 37.8 Å². The molecule has 0 unspecified atom stereocenters. The van der Waals surface area contributed by atoms with Gasteiger partial charge in [-0.25, -0.2) is 0 Å². The maximum absolute atomic E-state index is 12.8. The third-order valence-electron chi connectivity index (χ3n) is 4.23. The fraction of sp³-hybridized carbons (Fsp3) is 0.105. The maximum atomic E-state index is 12.8. The van der Waals surface area contributed by atoms with Crippen molar-refractivity contribution in [1.82, 2.24) is 0 Å². The van der Waals surface area contributed by atoms with Gasteiger partial charge in [-0.05, 0) is 41.3 Å². The van der Waals surface area contributed by atoms with Crippen molar-refractivity contribution in [2.45, 2.75) is 6.54 Å². The first-order chi connectivity index (χ1) is 11.2. The minimum absolute atomic E-state index is 0.0551. The number of halogens is 1. The highest BCUT2D eigenvalue weighted by Crippen LogP contribution is 2.41. The topological polar surface area (TPSA) is 29.5 Å². The molecule has 0 aromatic heterocycles. The third-order valence-corrected chi connectivity index (χ3v) is 4.92. The molecule has 1 aliphatic heterocycles. The summed E-state index contributed by atoms with van der Waals surface area (Å²) in [5.41, 5.74) is 2.81. The van der Waals surface area contributed by atoms with Crippen LogP contribution in [0.25, 0.3) is 10.8 Å². The number of carbonyl (C=O) groups excluding carboxylic acids is 1. The number of ether oxygens (including phenoxy) is 1. The molecule has 3 aromatic rings. The molecule has 0 aliphatic carbocycles. The van der Waals surface area contributed by atoms with Crippen molar-refractivity contribution in [1.29, 1.82) is 0 Å². The Hall–Kier alpha value is -2.33. The predicted octanol–water partition coefficient (Wildman–Crippen LogP) is 4.77. The quantitative estimate of drug-likeness (QED) is 0.667. The molecule has 0 bridgehead atoms. The summed E-state index contributed by atoms with van der Waals surface area (Å²) < 4.78 is 6.20. The fourth-order valence-electron chi connectivity index (χ4n) is 3.08. The van der Waals surface area contributed by atoms with E-state index < -0.39 is 0 Å². The molecule has 4 heteroatoms. The zero-order valence-corrected chi connectivity index (χ0v) is 14.1. The van der Waals surface area contributed by atoms with Crippen LogP contribution in [0.4, 0.5) is 5.69 Å². The molecular formula is C19H14BrNO2. The lowest BCUT2D eigenvalue weighted by molar-refractivity contribution is 0.0991. The molecule has 3 aromatic carbocycles. The average Bonchev–Trinajstić information content (AvgIpc) is 2.86. The number of anilines is 1. The molecule has 114 valence electrons. The van der Waals surface area contributed by atoms with Crippen LogP contribution >= 0.6 is 15.9 Å². The zero-order chi connectivity index (χ0) is 16.0. The van der Waals surface area contributed by atoms with E-state index in [1.807, 2.05) is 59.5 Å². The minimum atomic E-state index is 0.0551. The Morgan fingerprint density at radius 1 is 1.04 bits per heavy atom. The third kappa shape index (κ3) is 2.21. The lowest BCUT2D eigenvalue weighted by atomic mass is 10.1.